The van der Waals surface area contributed by atoms with Gasteiger partial charge in [-0.3, -0.25) is 4.79 Å². The number of hydrogen-bond donors (Lipinski definition) is 1. The molecule has 0 bridgehead atoms. The van der Waals surface area contributed by atoms with Crippen LogP contribution in [0, 0.1) is 5.92 Å². The van der Waals surface area contributed by atoms with Gasteiger partial charge in [0.1, 0.15) is 11.8 Å². The molecule has 0 amide bonds. The molecule has 1 saturated carbocycles. The number of hydrogen-bond acceptors (Lipinski definition) is 4. The van der Waals surface area contributed by atoms with Crippen LogP contribution >= 0.6 is 0 Å². The Balaban J connectivity index is 1.83. The fraction of sp³-hybridized carbons (Fsp3) is 0.421. The molecule has 0 saturated heterocycles. The summed E-state index contributed by atoms with van der Waals surface area (Å²) in [6, 6.07) is 11.4. The molecule has 1 atom stereocenters. The Kier molecular flexibility index (Phi) is 4.82. The van der Waals surface area contributed by atoms with Crippen molar-refractivity contribution in [2.75, 3.05) is 13.2 Å². The second-order valence-corrected chi connectivity index (χ2v) is 6.09. The monoisotopic (exact) mass is 313 g/mol. The molecule has 2 aromatic rings. The van der Waals surface area contributed by atoms with E-state index in [2.05, 4.69) is 6.07 Å². The van der Waals surface area contributed by atoms with Crippen LogP contribution in [0.15, 0.2) is 36.4 Å². The highest BCUT2D eigenvalue weighted by atomic mass is 16.5. The quantitative estimate of drug-likeness (QED) is 0.798. The summed E-state index contributed by atoms with van der Waals surface area (Å²) in [4.78, 5) is 11.8. The average Bonchev–Trinajstić information content (AvgIpc) is 3.38. The number of benzene rings is 2. The molecular formula is C19H23NO3. The molecule has 1 fully saturated rings. The van der Waals surface area contributed by atoms with E-state index in [4.69, 9.17) is 15.2 Å². The lowest BCUT2D eigenvalue weighted by Crippen LogP contribution is -2.34. The number of esters is 1. The molecular weight excluding hydrogens is 290 g/mol. The Hall–Kier alpha value is -2.07. The van der Waals surface area contributed by atoms with Crippen molar-refractivity contribution in [1.82, 2.24) is 0 Å². The summed E-state index contributed by atoms with van der Waals surface area (Å²) in [6.45, 7) is 2.92. The summed E-state index contributed by atoms with van der Waals surface area (Å²) in [5, 5.41) is 2.15. The fourth-order valence-electron chi connectivity index (χ4n) is 2.70. The fourth-order valence-corrected chi connectivity index (χ4v) is 2.70. The zero-order valence-electron chi connectivity index (χ0n) is 13.5. The van der Waals surface area contributed by atoms with Gasteiger partial charge < -0.3 is 15.2 Å². The van der Waals surface area contributed by atoms with E-state index < -0.39 is 6.04 Å². The van der Waals surface area contributed by atoms with E-state index in [1.54, 1.807) is 6.92 Å². The van der Waals surface area contributed by atoms with Gasteiger partial charge in [-0.15, -0.1) is 0 Å². The van der Waals surface area contributed by atoms with Gasteiger partial charge in [-0.25, -0.2) is 0 Å². The van der Waals surface area contributed by atoms with Crippen LogP contribution in [0.3, 0.4) is 0 Å². The predicted octanol–water partition coefficient (Wildman–Crippen LogP) is 3.06. The molecule has 0 aliphatic heterocycles. The predicted molar refractivity (Wildman–Crippen MR) is 90.5 cm³/mol. The van der Waals surface area contributed by atoms with Gasteiger partial charge in [0, 0.05) is 5.39 Å². The van der Waals surface area contributed by atoms with Gasteiger partial charge in [0.25, 0.3) is 0 Å². The first-order chi connectivity index (χ1) is 11.2. The molecule has 0 spiro atoms. The maximum absolute atomic E-state index is 11.8. The molecule has 0 aromatic heterocycles. The molecule has 1 unspecified atom stereocenters. The molecule has 122 valence electrons. The van der Waals surface area contributed by atoms with Crippen LogP contribution < -0.4 is 10.5 Å². The van der Waals surface area contributed by atoms with Crippen LogP contribution in [-0.2, 0) is 16.0 Å². The number of carbonyl (C=O) groups excluding carboxylic acids is 1. The van der Waals surface area contributed by atoms with Crippen LogP contribution in [0.5, 0.6) is 5.75 Å². The first kappa shape index (κ1) is 15.8. The normalized spacial score (nSPS) is 15.4. The number of fused-ring (bicyclic) bond motifs is 1. The number of ether oxygens (including phenoxy) is 2. The molecule has 1 aliphatic carbocycles. The summed E-state index contributed by atoms with van der Waals surface area (Å²) in [7, 11) is 0. The molecule has 2 N–H and O–H groups in total. The van der Waals surface area contributed by atoms with Crippen LogP contribution in [0.2, 0.25) is 0 Å². The third-order valence-electron chi connectivity index (χ3n) is 4.18. The number of carbonyl (C=O) groups is 1. The van der Waals surface area contributed by atoms with Gasteiger partial charge in [0.05, 0.1) is 13.2 Å². The summed E-state index contributed by atoms with van der Waals surface area (Å²) in [6.07, 6.45) is 3.00. The third kappa shape index (κ3) is 3.82. The zero-order valence-corrected chi connectivity index (χ0v) is 13.5. The minimum Gasteiger partial charge on any atom is -0.493 e. The lowest BCUT2D eigenvalue weighted by molar-refractivity contribution is -0.144. The van der Waals surface area contributed by atoms with E-state index in [0.717, 1.165) is 28.7 Å². The number of rotatable bonds is 7. The summed E-state index contributed by atoms with van der Waals surface area (Å²) >= 11 is 0. The topological polar surface area (TPSA) is 61.5 Å². The minimum absolute atomic E-state index is 0.348. The maximum atomic E-state index is 11.8. The molecule has 1 aliphatic rings. The number of nitrogens with two attached hydrogens (primary N) is 1. The summed E-state index contributed by atoms with van der Waals surface area (Å²) in [5.41, 5.74) is 7.01. The summed E-state index contributed by atoms with van der Waals surface area (Å²) in [5.74, 6) is 1.26. The Morgan fingerprint density at radius 1 is 1.22 bits per heavy atom. The zero-order chi connectivity index (χ0) is 16.2. The highest BCUT2D eigenvalue weighted by molar-refractivity contribution is 5.91. The molecule has 4 heteroatoms. The van der Waals surface area contributed by atoms with Crippen molar-refractivity contribution in [3.05, 3.63) is 42.0 Å². The molecule has 4 nitrogen and oxygen atoms in total. The Morgan fingerprint density at radius 3 is 2.65 bits per heavy atom. The van der Waals surface area contributed by atoms with Crippen LogP contribution in [0.1, 0.15) is 25.3 Å². The Bertz CT molecular complexity index is 694. The van der Waals surface area contributed by atoms with E-state index in [9.17, 15) is 4.79 Å². The SMILES string of the molecule is CCOC(=O)C(N)Cc1ccc(OCC2CC2)c2ccccc12. The van der Waals surface area contributed by atoms with Crippen LogP contribution in [0.4, 0.5) is 0 Å². The molecule has 0 radical (unpaired) electrons. The van der Waals surface area contributed by atoms with Crippen molar-refractivity contribution in [1.29, 1.82) is 0 Å². The first-order valence-corrected chi connectivity index (χ1v) is 8.24. The lowest BCUT2D eigenvalue weighted by atomic mass is 9.98. The highest BCUT2D eigenvalue weighted by Gasteiger charge is 2.22. The maximum Gasteiger partial charge on any atom is 0.323 e. The molecule has 23 heavy (non-hydrogen) atoms. The van der Waals surface area contributed by atoms with Crippen molar-refractivity contribution in [3.8, 4) is 5.75 Å². The standard InChI is InChI=1S/C19H23NO3/c1-2-22-19(21)17(20)11-14-9-10-18(23-12-13-7-8-13)16-6-4-3-5-15(14)16/h3-6,9-10,13,17H,2,7-8,11-12,20H2,1H3. The van der Waals surface area contributed by atoms with Crippen molar-refractivity contribution in [2.45, 2.75) is 32.2 Å². The lowest BCUT2D eigenvalue weighted by Gasteiger charge is -2.15. The van der Waals surface area contributed by atoms with Gasteiger partial charge >= 0.3 is 5.97 Å². The van der Waals surface area contributed by atoms with Crippen molar-refractivity contribution >= 4 is 16.7 Å². The van der Waals surface area contributed by atoms with Gasteiger partial charge in [0.2, 0.25) is 0 Å². The highest BCUT2D eigenvalue weighted by Crippen LogP contribution is 2.33. The average molecular weight is 313 g/mol. The van der Waals surface area contributed by atoms with E-state index in [-0.39, 0.29) is 5.97 Å². The second kappa shape index (κ2) is 7.01. The Morgan fingerprint density at radius 2 is 1.96 bits per heavy atom. The van der Waals surface area contributed by atoms with Gasteiger partial charge in [-0.2, -0.15) is 0 Å². The summed E-state index contributed by atoms with van der Waals surface area (Å²) < 4.78 is 11.0. The first-order valence-electron chi connectivity index (χ1n) is 8.24. The van der Waals surface area contributed by atoms with Gasteiger partial charge in [-0.05, 0) is 49.1 Å². The smallest absolute Gasteiger partial charge is 0.323 e. The minimum atomic E-state index is -0.642. The van der Waals surface area contributed by atoms with Crippen molar-refractivity contribution in [2.24, 2.45) is 11.7 Å². The largest absolute Gasteiger partial charge is 0.493 e. The Labute approximate surface area is 136 Å². The molecule has 2 aromatic carbocycles. The van der Waals surface area contributed by atoms with Crippen LogP contribution in [-0.4, -0.2) is 25.2 Å². The van der Waals surface area contributed by atoms with Gasteiger partial charge in [0.15, 0.2) is 0 Å². The van der Waals surface area contributed by atoms with E-state index in [1.807, 2.05) is 30.3 Å². The van der Waals surface area contributed by atoms with E-state index >= 15 is 0 Å². The van der Waals surface area contributed by atoms with Gasteiger partial charge in [-0.1, -0.05) is 30.3 Å². The molecule has 3 rings (SSSR count). The van der Waals surface area contributed by atoms with E-state index in [1.165, 1.54) is 12.8 Å². The van der Waals surface area contributed by atoms with Crippen molar-refractivity contribution in [3.63, 3.8) is 0 Å². The van der Waals surface area contributed by atoms with Crippen LogP contribution in [0.25, 0.3) is 10.8 Å². The molecule has 0 heterocycles. The second-order valence-electron chi connectivity index (χ2n) is 6.09. The van der Waals surface area contributed by atoms with Crippen molar-refractivity contribution < 1.29 is 14.3 Å². The van der Waals surface area contributed by atoms with E-state index in [0.29, 0.717) is 18.9 Å². The third-order valence-corrected chi connectivity index (χ3v) is 4.18.